The van der Waals surface area contributed by atoms with E-state index in [-0.39, 0.29) is 0 Å². The van der Waals surface area contributed by atoms with Gasteiger partial charge in [-0.2, -0.15) is 0 Å². The molecule has 94 valence electrons. The third kappa shape index (κ3) is 2.68. The molecule has 1 N–H and O–H groups in total. The Morgan fingerprint density at radius 3 is 2.61 bits per heavy atom. The fraction of sp³-hybridized carbons (Fsp3) is 0.200. The van der Waals surface area contributed by atoms with E-state index in [1.807, 2.05) is 54.8 Å². The molecule has 0 aliphatic carbocycles. The van der Waals surface area contributed by atoms with Crippen LogP contribution in [-0.2, 0) is 0 Å². The third-order valence-electron chi connectivity index (χ3n) is 2.84. The van der Waals surface area contributed by atoms with Crippen molar-refractivity contribution in [1.29, 1.82) is 0 Å². The number of hydrogen-bond donors (Lipinski definition) is 1. The molecule has 0 heterocycles. The minimum Gasteiger partial charge on any atom is -0.497 e. The summed E-state index contributed by atoms with van der Waals surface area (Å²) in [5.74, 6) is 0.758. The Bertz CT molecular complexity index is 525. The van der Waals surface area contributed by atoms with Crippen molar-refractivity contribution in [2.75, 3.05) is 13.4 Å². The van der Waals surface area contributed by atoms with Gasteiger partial charge in [-0.3, -0.25) is 0 Å². The summed E-state index contributed by atoms with van der Waals surface area (Å²) in [6.45, 7) is 0. The largest absolute Gasteiger partial charge is 0.497 e. The van der Waals surface area contributed by atoms with Crippen LogP contribution < -0.4 is 4.74 Å². The second kappa shape index (κ2) is 5.94. The number of hydrogen-bond acceptors (Lipinski definition) is 3. The van der Waals surface area contributed by atoms with Gasteiger partial charge in [-0.1, -0.05) is 30.3 Å². The monoisotopic (exact) mass is 260 g/mol. The first-order valence-corrected chi connectivity index (χ1v) is 6.93. The number of benzene rings is 2. The van der Waals surface area contributed by atoms with Gasteiger partial charge in [0, 0.05) is 4.90 Å². The lowest BCUT2D eigenvalue weighted by Crippen LogP contribution is -2.01. The number of aliphatic hydroxyl groups is 1. The van der Waals surface area contributed by atoms with E-state index < -0.39 is 6.10 Å². The normalized spacial score (nSPS) is 12.2. The van der Waals surface area contributed by atoms with Gasteiger partial charge < -0.3 is 9.84 Å². The molecule has 3 heteroatoms. The van der Waals surface area contributed by atoms with Gasteiger partial charge in [0.15, 0.2) is 0 Å². The van der Waals surface area contributed by atoms with Crippen molar-refractivity contribution >= 4 is 11.8 Å². The highest BCUT2D eigenvalue weighted by Gasteiger charge is 2.14. The first kappa shape index (κ1) is 13.0. The highest BCUT2D eigenvalue weighted by Crippen LogP contribution is 2.31. The van der Waals surface area contributed by atoms with Gasteiger partial charge in [-0.25, -0.2) is 0 Å². The predicted molar refractivity (Wildman–Crippen MR) is 75.3 cm³/mol. The van der Waals surface area contributed by atoms with Crippen LogP contribution >= 0.6 is 11.8 Å². The number of methoxy groups -OCH3 is 1. The van der Waals surface area contributed by atoms with Crippen LogP contribution in [-0.4, -0.2) is 18.5 Å². The zero-order valence-corrected chi connectivity index (χ0v) is 11.3. The van der Waals surface area contributed by atoms with Crippen molar-refractivity contribution in [2.45, 2.75) is 11.0 Å². The van der Waals surface area contributed by atoms with Crippen LogP contribution in [0.3, 0.4) is 0 Å². The molecule has 0 aliphatic rings. The Balaban J connectivity index is 2.37. The summed E-state index contributed by atoms with van der Waals surface area (Å²) in [6, 6.07) is 15.4. The standard InChI is InChI=1S/C15H16O2S/c1-17-12-7-5-6-11(10-12)15(16)13-8-3-4-9-14(13)18-2/h3-10,15-16H,1-2H3. The van der Waals surface area contributed by atoms with Crippen molar-refractivity contribution in [3.05, 3.63) is 59.7 Å². The molecule has 0 amide bonds. The van der Waals surface area contributed by atoms with Gasteiger partial charge in [0.25, 0.3) is 0 Å². The molecule has 2 nitrogen and oxygen atoms in total. The van der Waals surface area contributed by atoms with Crippen molar-refractivity contribution in [3.63, 3.8) is 0 Å². The molecule has 0 bridgehead atoms. The van der Waals surface area contributed by atoms with Crippen LogP contribution in [0.2, 0.25) is 0 Å². The number of rotatable bonds is 4. The molecular formula is C15H16O2S. The van der Waals surface area contributed by atoms with E-state index in [2.05, 4.69) is 0 Å². The van der Waals surface area contributed by atoms with Crippen LogP contribution in [0.1, 0.15) is 17.2 Å². The van der Waals surface area contributed by atoms with E-state index in [0.29, 0.717) is 0 Å². The van der Waals surface area contributed by atoms with E-state index in [1.54, 1.807) is 18.9 Å². The van der Waals surface area contributed by atoms with Crippen molar-refractivity contribution in [1.82, 2.24) is 0 Å². The van der Waals surface area contributed by atoms with Crippen molar-refractivity contribution < 1.29 is 9.84 Å². The molecule has 1 unspecified atom stereocenters. The maximum atomic E-state index is 10.5. The summed E-state index contributed by atoms with van der Waals surface area (Å²) in [5, 5.41) is 10.5. The molecule has 0 saturated carbocycles. The maximum absolute atomic E-state index is 10.5. The van der Waals surface area contributed by atoms with Gasteiger partial charge in [-0.15, -0.1) is 11.8 Å². The summed E-state index contributed by atoms with van der Waals surface area (Å²) in [4.78, 5) is 1.09. The Hall–Kier alpha value is -1.45. The molecule has 2 aromatic rings. The Morgan fingerprint density at radius 2 is 1.89 bits per heavy atom. The lowest BCUT2D eigenvalue weighted by atomic mass is 10.0. The first-order chi connectivity index (χ1) is 8.76. The molecule has 2 aromatic carbocycles. The lowest BCUT2D eigenvalue weighted by Gasteiger charge is -2.15. The summed E-state index contributed by atoms with van der Waals surface area (Å²) in [5.41, 5.74) is 1.77. The van der Waals surface area contributed by atoms with Gasteiger partial charge in [0.05, 0.1) is 7.11 Å². The molecule has 2 rings (SSSR count). The zero-order chi connectivity index (χ0) is 13.0. The Labute approximate surface area is 112 Å². The van der Waals surface area contributed by atoms with Gasteiger partial charge in [-0.05, 0) is 35.6 Å². The summed E-state index contributed by atoms with van der Waals surface area (Å²) in [6.07, 6.45) is 1.39. The highest BCUT2D eigenvalue weighted by atomic mass is 32.2. The number of ether oxygens (including phenoxy) is 1. The smallest absolute Gasteiger partial charge is 0.119 e. The molecule has 0 fully saturated rings. The summed E-state index contributed by atoms with van der Waals surface area (Å²) < 4.78 is 5.18. The quantitative estimate of drug-likeness (QED) is 0.853. The SMILES string of the molecule is COc1cccc(C(O)c2ccccc2SC)c1. The molecule has 0 aromatic heterocycles. The molecular weight excluding hydrogens is 244 g/mol. The van der Waals surface area contributed by atoms with Crippen LogP contribution in [0.15, 0.2) is 53.4 Å². The van der Waals surface area contributed by atoms with Crippen LogP contribution in [0.25, 0.3) is 0 Å². The Kier molecular flexibility index (Phi) is 4.28. The van der Waals surface area contributed by atoms with Crippen molar-refractivity contribution in [2.24, 2.45) is 0 Å². The molecule has 0 spiro atoms. The zero-order valence-electron chi connectivity index (χ0n) is 10.5. The van der Waals surface area contributed by atoms with Gasteiger partial charge in [0.2, 0.25) is 0 Å². The molecule has 18 heavy (non-hydrogen) atoms. The minimum atomic E-state index is -0.622. The van der Waals surface area contributed by atoms with E-state index in [1.165, 1.54) is 0 Å². The van der Waals surface area contributed by atoms with E-state index in [9.17, 15) is 5.11 Å². The summed E-state index contributed by atoms with van der Waals surface area (Å²) >= 11 is 1.64. The van der Waals surface area contributed by atoms with Gasteiger partial charge >= 0.3 is 0 Å². The molecule has 0 radical (unpaired) electrons. The third-order valence-corrected chi connectivity index (χ3v) is 3.65. The lowest BCUT2D eigenvalue weighted by molar-refractivity contribution is 0.217. The first-order valence-electron chi connectivity index (χ1n) is 5.71. The highest BCUT2D eigenvalue weighted by molar-refractivity contribution is 7.98. The van der Waals surface area contributed by atoms with Crippen LogP contribution in [0, 0.1) is 0 Å². The Morgan fingerprint density at radius 1 is 1.11 bits per heavy atom. The maximum Gasteiger partial charge on any atom is 0.119 e. The number of thioether (sulfide) groups is 1. The molecule has 1 atom stereocenters. The average Bonchev–Trinajstić information content (AvgIpc) is 2.46. The topological polar surface area (TPSA) is 29.5 Å². The fourth-order valence-electron chi connectivity index (χ4n) is 1.88. The second-order valence-electron chi connectivity index (χ2n) is 3.92. The number of aliphatic hydroxyl groups excluding tert-OH is 1. The van der Waals surface area contributed by atoms with E-state index in [4.69, 9.17) is 4.74 Å². The second-order valence-corrected chi connectivity index (χ2v) is 4.77. The van der Waals surface area contributed by atoms with E-state index >= 15 is 0 Å². The average molecular weight is 260 g/mol. The van der Waals surface area contributed by atoms with Crippen LogP contribution in [0.4, 0.5) is 0 Å². The van der Waals surface area contributed by atoms with E-state index in [0.717, 1.165) is 21.8 Å². The predicted octanol–water partition coefficient (Wildman–Crippen LogP) is 3.50. The minimum absolute atomic E-state index is 0.622. The van der Waals surface area contributed by atoms with Crippen molar-refractivity contribution in [3.8, 4) is 5.75 Å². The van der Waals surface area contributed by atoms with Gasteiger partial charge in [0.1, 0.15) is 11.9 Å². The molecule has 0 aliphatic heterocycles. The summed E-state index contributed by atoms with van der Waals surface area (Å²) in [7, 11) is 1.63. The fourth-order valence-corrected chi connectivity index (χ4v) is 2.51. The van der Waals surface area contributed by atoms with Crippen LogP contribution in [0.5, 0.6) is 5.75 Å². The molecule has 0 saturated heterocycles.